The highest BCUT2D eigenvalue weighted by Gasteiger charge is 2.43. The van der Waals surface area contributed by atoms with Gasteiger partial charge in [0.15, 0.2) is 0 Å². The highest BCUT2D eigenvalue weighted by atomic mass is 16.5. The molecule has 3 rings (SSSR count). The first-order valence-electron chi connectivity index (χ1n) is 8.42. The summed E-state index contributed by atoms with van der Waals surface area (Å²) in [4.78, 5) is 41.9. The fraction of sp³-hybridized carbons (Fsp3) is 0.688. The molecule has 2 saturated heterocycles. The number of carbonyl (C=O) groups excluding carboxylic acids is 2. The van der Waals surface area contributed by atoms with Crippen molar-refractivity contribution in [3.8, 4) is 0 Å². The van der Waals surface area contributed by atoms with E-state index in [2.05, 4.69) is 17.1 Å². The number of hydrogen-bond donors (Lipinski definition) is 1. The zero-order valence-electron chi connectivity index (χ0n) is 14.2. The number of likely N-dealkylation sites (tertiary alicyclic amines) is 1. The summed E-state index contributed by atoms with van der Waals surface area (Å²) in [6.45, 7) is 5.28. The van der Waals surface area contributed by atoms with Gasteiger partial charge in [0, 0.05) is 44.7 Å². The van der Waals surface area contributed by atoms with Crippen LogP contribution in [0.5, 0.6) is 0 Å². The van der Waals surface area contributed by atoms with Crippen molar-refractivity contribution in [2.75, 3.05) is 39.8 Å². The molecule has 1 aromatic heterocycles. The van der Waals surface area contributed by atoms with E-state index in [1.807, 2.05) is 11.8 Å². The predicted molar refractivity (Wildman–Crippen MR) is 86.7 cm³/mol. The number of rotatable bonds is 2. The molecule has 0 bridgehead atoms. The lowest BCUT2D eigenvalue weighted by Gasteiger charge is -2.49. The maximum atomic E-state index is 12.6. The smallest absolute Gasteiger partial charge is 0.292 e. The number of piperazine rings is 1. The topological polar surface area (TPSA) is 89.9 Å². The van der Waals surface area contributed by atoms with Gasteiger partial charge in [-0.25, -0.2) is 0 Å². The molecule has 2 aliphatic rings. The molecule has 1 N–H and O–H groups in total. The molecule has 2 amide bonds. The summed E-state index contributed by atoms with van der Waals surface area (Å²) in [5.74, 6) is -0.0498. The number of H-pyrrole nitrogens is 1. The second kappa shape index (κ2) is 6.43. The minimum Gasteiger partial charge on any atom is -0.373 e. The normalized spacial score (nSPS) is 26.0. The SMILES string of the molecule is CCN1CC[C@@]2(CCC1=O)CN(C(=O)c1cc(=O)[nH]o1)CCN2C. The van der Waals surface area contributed by atoms with Gasteiger partial charge in [-0.3, -0.25) is 19.3 Å². The van der Waals surface area contributed by atoms with Crippen molar-refractivity contribution in [2.24, 2.45) is 0 Å². The lowest BCUT2D eigenvalue weighted by atomic mass is 9.86. The molecular formula is C16H24N4O4. The molecule has 8 nitrogen and oxygen atoms in total. The van der Waals surface area contributed by atoms with Gasteiger partial charge in [-0.1, -0.05) is 0 Å². The molecule has 0 saturated carbocycles. The number of hydrogen-bond acceptors (Lipinski definition) is 5. The molecule has 1 atom stereocenters. The van der Waals surface area contributed by atoms with E-state index < -0.39 is 5.56 Å². The van der Waals surface area contributed by atoms with Crippen molar-refractivity contribution in [2.45, 2.75) is 31.7 Å². The van der Waals surface area contributed by atoms with Crippen LogP contribution < -0.4 is 5.56 Å². The number of nitrogens with one attached hydrogen (secondary N) is 1. The fourth-order valence-electron chi connectivity index (χ4n) is 3.75. The Kier molecular flexibility index (Phi) is 4.49. The van der Waals surface area contributed by atoms with Gasteiger partial charge in [0.2, 0.25) is 11.7 Å². The summed E-state index contributed by atoms with van der Waals surface area (Å²) in [7, 11) is 2.06. The van der Waals surface area contributed by atoms with Crippen LogP contribution >= 0.6 is 0 Å². The van der Waals surface area contributed by atoms with Crippen LogP contribution in [-0.4, -0.2) is 77.0 Å². The third-order valence-electron chi connectivity index (χ3n) is 5.41. The summed E-state index contributed by atoms with van der Waals surface area (Å²) >= 11 is 0. The molecule has 8 heteroatoms. The maximum Gasteiger partial charge on any atom is 0.292 e. The molecule has 24 heavy (non-hydrogen) atoms. The highest BCUT2D eigenvalue weighted by molar-refractivity contribution is 5.91. The quantitative estimate of drug-likeness (QED) is 0.829. The van der Waals surface area contributed by atoms with E-state index >= 15 is 0 Å². The second-order valence-corrected chi connectivity index (χ2v) is 6.67. The van der Waals surface area contributed by atoms with Crippen molar-refractivity contribution in [3.63, 3.8) is 0 Å². The number of carbonyl (C=O) groups is 2. The van der Waals surface area contributed by atoms with E-state index in [4.69, 9.17) is 4.52 Å². The van der Waals surface area contributed by atoms with E-state index in [1.165, 1.54) is 6.07 Å². The molecular weight excluding hydrogens is 312 g/mol. The van der Waals surface area contributed by atoms with Crippen LogP contribution in [0.2, 0.25) is 0 Å². The molecule has 1 spiro atoms. The average molecular weight is 336 g/mol. The second-order valence-electron chi connectivity index (χ2n) is 6.67. The highest BCUT2D eigenvalue weighted by Crippen LogP contribution is 2.32. The Hall–Kier alpha value is -2.09. The van der Waals surface area contributed by atoms with Gasteiger partial charge in [0.25, 0.3) is 11.5 Å². The predicted octanol–water partition coefficient (Wildman–Crippen LogP) is 0.127. The number of aromatic nitrogens is 1. The van der Waals surface area contributed by atoms with Crippen molar-refractivity contribution in [1.82, 2.24) is 19.9 Å². The van der Waals surface area contributed by atoms with E-state index in [1.54, 1.807) is 4.90 Å². The maximum absolute atomic E-state index is 12.6. The van der Waals surface area contributed by atoms with Crippen molar-refractivity contribution >= 4 is 11.8 Å². The van der Waals surface area contributed by atoms with Crippen molar-refractivity contribution in [3.05, 3.63) is 22.2 Å². The van der Waals surface area contributed by atoms with Gasteiger partial charge in [-0.05, 0) is 26.8 Å². The lowest BCUT2D eigenvalue weighted by Crippen LogP contribution is -2.62. The van der Waals surface area contributed by atoms with Gasteiger partial charge in [0.1, 0.15) is 0 Å². The first-order valence-corrected chi connectivity index (χ1v) is 8.42. The molecule has 132 valence electrons. The third-order valence-corrected chi connectivity index (χ3v) is 5.41. The zero-order chi connectivity index (χ0) is 17.3. The number of nitrogens with zero attached hydrogens (tertiary/aromatic N) is 3. The average Bonchev–Trinajstić information content (AvgIpc) is 2.94. The first kappa shape index (κ1) is 16.8. The zero-order valence-corrected chi connectivity index (χ0v) is 14.2. The van der Waals surface area contributed by atoms with Crippen LogP contribution in [0, 0.1) is 0 Å². The van der Waals surface area contributed by atoms with Gasteiger partial charge in [-0.15, -0.1) is 0 Å². The van der Waals surface area contributed by atoms with Crippen LogP contribution in [0.15, 0.2) is 15.4 Å². The summed E-state index contributed by atoms with van der Waals surface area (Å²) in [5, 5.41) is 2.16. The van der Waals surface area contributed by atoms with E-state index in [0.29, 0.717) is 26.1 Å². The number of aromatic amines is 1. The van der Waals surface area contributed by atoms with Gasteiger partial charge >= 0.3 is 0 Å². The molecule has 0 aromatic carbocycles. The van der Waals surface area contributed by atoms with Crippen LogP contribution in [0.25, 0.3) is 0 Å². The Labute approximate surface area is 140 Å². The Morgan fingerprint density at radius 1 is 1.29 bits per heavy atom. The molecule has 0 unspecified atom stereocenters. The summed E-state index contributed by atoms with van der Waals surface area (Å²) in [6.07, 6.45) is 2.07. The summed E-state index contributed by atoms with van der Waals surface area (Å²) in [5.41, 5.74) is -0.620. The molecule has 2 fully saturated rings. The lowest BCUT2D eigenvalue weighted by molar-refractivity contribution is -0.130. The first-order chi connectivity index (χ1) is 11.4. The molecule has 3 heterocycles. The minimum atomic E-state index is -0.416. The Morgan fingerprint density at radius 3 is 2.75 bits per heavy atom. The fourth-order valence-corrected chi connectivity index (χ4v) is 3.75. The number of amides is 2. The van der Waals surface area contributed by atoms with Gasteiger partial charge in [0.05, 0.1) is 6.07 Å². The van der Waals surface area contributed by atoms with E-state index in [0.717, 1.165) is 25.9 Å². The summed E-state index contributed by atoms with van der Waals surface area (Å²) < 4.78 is 4.95. The Morgan fingerprint density at radius 2 is 2.08 bits per heavy atom. The van der Waals surface area contributed by atoms with E-state index in [-0.39, 0.29) is 23.1 Å². The van der Waals surface area contributed by atoms with Crippen LogP contribution in [0.3, 0.4) is 0 Å². The largest absolute Gasteiger partial charge is 0.373 e. The monoisotopic (exact) mass is 336 g/mol. The Bertz CT molecular complexity index is 682. The van der Waals surface area contributed by atoms with Crippen molar-refractivity contribution in [1.29, 1.82) is 0 Å². The standard InChI is InChI=1S/C16H24N4O4/c1-3-19-7-6-16(5-4-14(19)22)11-20(9-8-18(16)2)15(23)12-10-13(21)17-24-12/h10H,3-9,11H2,1-2H3,(H,17,21)/t16-/m0/s1. The third kappa shape index (κ3) is 2.98. The van der Waals surface area contributed by atoms with E-state index in [9.17, 15) is 14.4 Å². The Balaban J connectivity index is 1.79. The van der Waals surface area contributed by atoms with Gasteiger partial charge in [-0.2, -0.15) is 5.16 Å². The summed E-state index contributed by atoms with van der Waals surface area (Å²) in [6, 6.07) is 1.18. The molecule has 0 aliphatic carbocycles. The van der Waals surface area contributed by atoms with Crippen molar-refractivity contribution < 1.29 is 14.1 Å². The van der Waals surface area contributed by atoms with Crippen LogP contribution in [0.1, 0.15) is 36.7 Å². The molecule has 1 aromatic rings. The molecule has 2 aliphatic heterocycles. The minimum absolute atomic E-state index is 0.0413. The van der Waals surface area contributed by atoms with Crippen LogP contribution in [-0.2, 0) is 4.79 Å². The molecule has 0 radical (unpaired) electrons. The van der Waals surface area contributed by atoms with Crippen LogP contribution in [0.4, 0.5) is 0 Å². The van der Waals surface area contributed by atoms with Gasteiger partial charge < -0.3 is 14.3 Å². The number of likely N-dealkylation sites (N-methyl/N-ethyl adjacent to an activating group) is 1.